The van der Waals surface area contributed by atoms with Gasteiger partial charge in [-0.1, -0.05) is 18.2 Å². The number of morpholine rings is 1. The minimum atomic E-state index is 0.233. The molecule has 0 saturated carbocycles. The van der Waals surface area contributed by atoms with Gasteiger partial charge in [-0.15, -0.1) is 0 Å². The van der Waals surface area contributed by atoms with Crippen LogP contribution in [0.4, 0.5) is 11.9 Å². The van der Waals surface area contributed by atoms with Gasteiger partial charge in [0.05, 0.1) is 30.1 Å². The Morgan fingerprint density at radius 2 is 1.69 bits per heavy atom. The Balaban J connectivity index is 1.69. The number of aromatic nitrogens is 5. The first-order valence-electron chi connectivity index (χ1n) is 9.42. The summed E-state index contributed by atoms with van der Waals surface area (Å²) >= 11 is 0. The van der Waals surface area contributed by atoms with Crippen molar-refractivity contribution in [3.05, 3.63) is 55.0 Å². The van der Waals surface area contributed by atoms with E-state index in [2.05, 4.69) is 32.0 Å². The van der Waals surface area contributed by atoms with E-state index >= 15 is 0 Å². The average molecular weight is 385 g/mol. The van der Waals surface area contributed by atoms with Gasteiger partial charge in [0.2, 0.25) is 11.9 Å². The number of nitrogens with two attached hydrogens (primary N) is 1. The van der Waals surface area contributed by atoms with Gasteiger partial charge in [-0.05, 0) is 18.2 Å². The maximum Gasteiger partial charge on any atom is 0.226 e. The maximum absolute atomic E-state index is 5.65. The zero-order valence-corrected chi connectivity index (χ0v) is 15.7. The van der Waals surface area contributed by atoms with E-state index in [0.29, 0.717) is 19.2 Å². The summed E-state index contributed by atoms with van der Waals surface area (Å²) in [6, 6.07) is 12.0. The second-order valence-electron chi connectivity index (χ2n) is 6.74. The lowest BCUT2D eigenvalue weighted by Gasteiger charge is -2.27. The Morgan fingerprint density at radius 3 is 2.52 bits per heavy atom. The van der Waals surface area contributed by atoms with Crippen LogP contribution in [0.5, 0.6) is 0 Å². The zero-order chi connectivity index (χ0) is 19.6. The number of rotatable bonds is 3. The zero-order valence-electron chi connectivity index (χ0n) is 15.7. The number of hydrogen-bond acceptors (Lipinski definition) is 8. The van der Waals surface area contributed by atoms with Crippen LogP contribution in [0.3, 0.4) is 0 Å². The summed E-state index contributed by atoms with van der Waals surface area (Å²) in [5.74, 6) is 0.898. The van der Waals surface area contributed by atoms with Gasteiger partial charge < -0.3 is 15.4 Å². The molecule has 1 aliphatic heterocycles. The summed E-state index contributed by atoms with van der Waals surface area (Å²) in [4.78, 5) is 24.5. The predicted molar refractivity (Wildman–Crippen MR) is 111 cm³/mol. The number of nitrogens with zero attached hydrogens (tertiary/aromatic N) is 6. The van der Waals surface area contributed by atoms with Gasteiger partial charge in [-0.25, -0.2) is 19.9 Å². The predicted octanol–water partition coefficient (Wildman–Crippen LogP) is 2.57. The molecule has 8 nitrogen and oxygen atoms in total. The van der Waals surface area contributed by atoms with Crippen LogP contribution in [0.1, 0.15) is 0 Å². The van der Waals surface area contributed by atoms with Gasteiger partial charge in [-0.3, -0.25) is 4.98 Å². The summed E-state index contributed by atoms with van der Waals surface area (Å²) in [7, 11) is 0. The van der Waals surface area contributed by atoms with Crippen molar-refractivity contribution in [2.75, 3.05) is 36.9 Å². The van der Waals surface area contributed by atoms with E-state index in [1.807, 2.05) is 24.3 Å². The third-order valence-corrected chi connectivity index (χ3v) is 4.90. The minimum absolute atomic E-state index is 0.233. The lowest BCUT2D eigenvalue weighted by Crippen LogP contribution is -2.37. The lowest BCUT2D eigenvalue weighted by atomic mass is 10.0. The van der Waals surface area contributed by atoms with Crippen LogP contribution >= 0.6 is 0 Å². The van der Waals surface area contributed by atoms with Gasteiger partial charge in [-0.2, -0.15) is 0 Å². The smallest absolute Gasteiger partial charge is 0.226 e. The van der Waals surface area contributed by atoms with Crippen molar-refractivity contribution in [1.29, 1.82) is 0 Å². The Hall–Kier alpha value is -3.65. The molecule has 5 rings (SSSR count). The summed E-state index contributed by atoms with van der Waals surface area (Å²) in [5.41, 5.74) is 9.94. The molecule has 0 unspecified atom stereocenters. The molecular weight excluding hydrogens is 366 g/mol. The summed E-state index contributed by atoms with van der Waals surface area (Å²) < 4.78 is 5.48. The van der Waals surface area contributed by atoms with Gasteiger partial charge in [0.15, 0.2) is 0 Å². The van der Waals surface area contributed by atoms with Crippen LogP contribution in [0.2, 0.25) is 0 Å². The molecule has 0 amide bonds. The van der Waals surface area contributed by atoms with Gasteiger partial charge in [0, 0.05) is 48.2 Å². The van der Waals surface area contributed by atoms with E-state index in [1.165, 1.54) is 0 Å². The van der Waals surface area contributed by atoms with E-state index in [1.54, 1.807) is 18.6 Å². The van der Waals surface area contributed by atoms with Gasteiger partial charge >= 0.3 is 0 Å². The van der Waals surface area contributed by atoms with Crippen molar-refractivity contribution < 1.29 is 4.74 Å². The van der Waals surface area contributed by atoms with Crippen molar-refractivity contribution in [2.24, 2.45) is 0 Å². The molecule has 4 aromatic rings. The molecule has 1 saturated heterocycles. The number of fused-ring (bicyclic) bond motifs is 1. The van der Waals surface area contributed by atoms with Crippen molar-refractivity contribution in [3.8, 4) is 22.5 Å². The second kappa shape index (κ2) is 7.40. The molecule has 4 heterocycles. The Morgan fingerprint density at radius 1 is 0.897 bits per heavy atom. The molecule has 0 bridgehead atoms. The van der Waals surface area contributed by atoms with Crippen molar-refractivity contribution in [3.63, 3.8) is 0 Å². The van der Waals surface area contributed by atoms with Crippen molar-refractivity contribution >= 4 is 22.8 Å². The number of anilines is 2. The molecule has 0 atom stereocenters. The van der Waals surface area contributed by atoms with Crippen LogP contribution in [-0.4, -0.2) is 51.2 Å². The highest BCUT2D eigenvalue weighted by molar-refractivity contribution is 5.94. The summed E-state index contributed by atoms with van der Waals surface area (Å²) in [6.45, 7) is 2.81. The Bertz CT molecular complexity index is 1150. The summed E-state index contributed by atoms with van der Waals surface area (Å²) in [6.07, 6.45) is 5.16. The molecule has 0 spiro atoms. The highest BCUT2D eigenvalue weighted by Crippen LogP contribution is 2.30. The first-order chi connectivity index (χ1) is 14.3. The molecule has 0 radical (unpaired) electrons. The first kappa shape index (κ1) is 17.4. The first-order valence-corrected chi connectivity index (χ1v) is 9.42. The molecule has 8 heteroatoms. The molecule has 2 N–H and O–H groups in total. The summed E-state index contributed by atoms with van der Waals surface area (Å²) in [5, 5.41) is 1.04. The average Bonchev–Trinajstić information content (AvgIpc) is 2.79. The number of hydrogen-bond donors (Lipinski definition) is 1. The van der Waals surface area contributed by atoms with Crippen LogP contribution in [-0.2, 0) is 4.74 Å². The normalized spacial score (nSPS) is 14.3. The SMILES string of the molecule is Nc1ncc(-c2cc(-c3cccc4ncccc34)nc(N3CCOCC3)n2)cn1. The molecule has 1 aliphatic rings. The fourth-order valence-electron chi connectivity index (χ4n) is 3.42. The van der Waals surface area contributed by atoms with E-state index in [4.69, 9.17) is 20.4 Å². The van der Waals surface area contributed by atoms with Gasteiger partial charge in [0.25, 0.3) is 0 Å². The minimum Gasteiger partial charge on any atom is -0.378 e. The van der Waals surface area contributed by atoms with E-state index in [9.17, 15) is 0 Å². The van der Waals surface area contributed by atoms with Crippen molar-refractivity contribution in [2.45, 2.75) is 0 Å². The number of pyridine rings is 1. The van der Waals surface area contributed by atoms with E-state index in [-0.39, 0.29) is 5.95 Å². The topological polar surface area (TPSA) is 103 Å². The van der Waals surface area contributed by atoms with Crippen LogP contribution < -0.4 is 10.6 Å². The van der Waals surface area contributed by atoms with Crippen LogP contribution in [0.15, 0.2) is 55.0 Å². The number of ether oxygens (including phenoxy) is 1. The molecule has 144 valence electrons. The fraction of sp³-hybridized carbons (Fsp3) is 0.190. The third-order valence-electron chi connectivity index (χ3n) is 4.90. The quantitative estimate of drug-likeness (QED) is 0.574. The number of nitrogen functional groups attached to an aromatic ring is 1. The monoisotopic (exact) mass is 385 g/mol. The van der Waals surface area contributed by atoms with E-state index in [0.717, 1.165) is 46.5 Å². The Kier molecular flexibility index (Phi) is 4.45. The molecule has 3 aromatic heterocycles. The van der Waals surface area contributed by atoms with E-state index < -0.39 is 0 Å². The highest BCUT2D eigenvalue weighted by Gasteiger charge is 2.18. The molecule has 29 heavy (non-hydrogen) atoms. The molecule has 1 fully saturated rings. The fourth-order valence-corrected chi connectivity index (χ4v) is 3.42. The van der Waals surface area contributed by atoms with Crippen LogP contribution in [0.25, 0.3) is 33.4 Å². The van der Waals surface area contributed by atoms with Crippen molar-refractivity contribution in [1.82, 2.24) is 24.9 Å². The molecular formula is C21H19N7O. The number of benzene rings is 1. The van der Waals surface area contributed by atoms with Crippen LogP contribution in [0, 0.1) is 0 Å². The maximum atomic E-state index is 5.65. The molecule has 0 aliphatic carbocycles. The molecule has 1 aromatic carbocycles. The van der Waals surface area contributed by atoms with Gasteiger partial charge in [0.1, 0.15) is 0 Å². The largest absolute Gasteiger partial charge is 0.378 e. The lowest BCUT2D eigenvalue weighted by molar-refractivity contribution is 0.122. The highest BCUT2D eigenvalue weighted by atomic mass is 16.5. The third kappa shape index (κ3) is 3.45. The second-order valence-corrected chi connectivity index (χ2v) is 6.74. The standard InChI is InChI=1S/C21H19N7O/c22-20-24-12-14(13-25-20)18-11-19(27-21(26-18)28-7-9-29-10-8-28)16-3-1-5-17-15(16)4-2-6-23-17/h1-6,11-13H,7-10H2,(H2,22,24,25). The Labute approximate surface area is 167 Å².